The van der Waals surface area contributed by atoms with Crippen molar-refractivity contribution in [2.24, 2.45) is 0 Å². The molecule has 6 nitrogen and oxygen atoms in total. The molecule has 192 valence electrons. The molecule has 1 aromatic carbocycles. The minimum atomic E-state index is -4.45. The SMILES string of the molecule is C=CC(=O)OCCCCCCCCCOc1nccc2cc(-c3ccc(C(F)(F)F)cc3)c(=O)oc12. The van der Waals surface area contributed by atoms with E-state index >= 15 is 0 Å². The number of carbonyl (C=O) groups excluding carboxylic acids is 1. The van der Waals surface area contributed by atoms with Crippen LogP contribution in [0.2, 0.25) is 0 Å². The molecule has 0 saturated carbocycles. The molecule has 0 bridgehead atoms. The Morgan fingerprint density at radius 2 is 1.61 bits per heavy atom. The standard InChI is InChI=1S/C27H28F3NO5/c1-2-23(32)34-16-8-6-4-3-5-7-9-17-35-25-24-20(14-15-31-25)18-22(26(33)36-24)19-10-12-21(13-11-19)27(28,29)30/h2,10-15,18H,1,3-9,16-17H2. The van der Waals surface area contributed by atoms with Crippen molar-refractivity contribution in [1.29, 1.82) is 0 Å². The minimum absolute atomic E-state index is 0.159. The summed E-state index contributed by atoms with van der Waals surface area (Å²) in [6.07, 6.45) is 5.02. The fourth-order valence-electron chi connectivity index (χ4n) is 3.65. The number of hydrogen-bond donors (Lipinski definition) is 0. The van der Waals surface area contributed by atoms with Gasteiger partial charge in [0.05, 0.1) is 24.3 Å². The number of alkyl halides is 3. The third-order valence-electron chi connectivity index (χ3n) is 5.58. The van der Waals surface area contributed by atoms with Crippen LogP contribution in [0.15, 0.2) is 64.5 Å². The Kier molecular flexibility index (Phi) is 9.67. The van der Waals surface area contributed by atoms with Gasteiger partial charge in [-0.25, -0.2) is 14.6 Å². The summed E-state index contributed by atoms with van der Waals surface area (Å²) in [6.45, 7) is 4.18. The van der Waals surface area contributed by atoms with E-state index in [1.54, 1.807) is 12.1 Å². The molecule has 2 heterocycles. The number of unbranched alkanes of at least 4 members (excludes halogenated alkanes) is 6. The smallest absolute Gasteiger partial charge is 0.416 e. The predicted molar refractivity (Wildman–Crippen MR) is 130 cm³/mol. The highest BCUT2D eigenvalue weighted by Gasteiger charge is 2.30. The van der Waals surface area contributed by atoms with Crippen LogP contribution < -0.4 is 10.4 Å². The summed E-state index contributed by atoms with van der Waals surface area (Å²) in [5, 5.41) is 0.563. The number of hydrogen-bond acceptors (Lipinski definition) is 6. The van der Waals surface area contributed by atoms with Gasteiger partial charge in [-0.1, -0.05) is 50.8 Å². The van der Waals surface area contributed by atoms with Gasteiger partial charge >= 0.3 is 17.8 Å². The number of esters is 1. The number of fused-ring (bicyclic) bond motifs is 1. The van der Waals surface area contributed by atoms with Gasteiger partial charge in [0.2, 0.25) is 0 Å². The molecule has 9 heteroatoms. The molecular weight excluding hydrogens is 475 g/mol. The molecule has 0 saturated heterocycles. The highest BCUT2D eigenvalue weighted by Crippen LogP contribution is 2.31. The summed E-state index contributed by atoms with van der Waals surface area (Å²) >= 11 is 0. The van der Waals surface area contributed by atoms with Crippen LogP contribution in [0.3, 0.4) is 0 Å². The number of carbonyl (C=O) groups is 1. The Hall–Kier alpha value is -3.62. The van der Waals surface area contributed by atoms with Crippen molar-refractivity contribution >= 4 is 16.9 Å². The topological polar surface area (TPSA) is 78.6 Å². The Bertz CT molecular complexity index is 1220. The molecule has 0 amide bonds. The Morgan fingerprint density at radius 1 is 0.972 bits per heavy atom. The molecule has 0 radical (unpaired) electrons. The number of ether oxygens (including phenoxy) is 2. The second-order valence-corrected chi connectivity index (χ2v) is 8.25. The van der Waals surface area contributed by atoms with E-state index in [0.29, 0.717) is 24.2 Å². The van der Waals surface area contributed by atoms with E-state index in [9.17, 15) is 22.8 Å². The van der Waals surface area contributed by atoms with E-state index in [1.807, 2.05) is 0 Å². The lowest BCUT2D eigenvalue weighted by Gasteiger charge is -2.09. The largest absolute Gasteiger partial charge is 0.475 e. The molecule has 0 aliphatic rings. The van der Waals surface area contributed by atoms with Gasteiger partial charge in [0.1, 0.15) is 0 Å². The van der Waals surface area contributed by atoms with Gasteiger partial charge in [0.15, 0.2) is 5.58 Å². The zero-order valence-electron chi connectivity index (χ0n) is 19.8. The molecule has 0 aliphatic heterocycles. The molecule has 0 unspecified atom stereocenters. The van der Waals surface area contributed by atoms with Crippen molar-refractivity contribution in [1.82, 2.24) is 4.98 Å². The van der Waals surface area contributed by atoms with Crippen molar-refractivity contribution in [2.75, 3.05) is 13.2 Å². The number of pyridine rings is 1. The number of aromatic nitrogens is 1. The maximum Gasteiger partial charge on any atom is 0.416 e. The molecule has 0 fully saturated rings. The van der Waals surface area contributed by atoms with Gasteiger partial charge in [-0.3, -0.25) is 0 Å². The van der Waals surface area contributed by atoms with Gasteiger partial charge in [-0.2, -0.15) is 13.2 Å². The van der Waals surface area contributed by atoms with Gasteiger partial charge in [-0.05, 0) is 42.7 Å². The Balaban J connectivity index is 1.48. The van der Waals surface area contributed by atoms with Crippen LogP contribution >= 0.6 is 0 Å². The van der Waals surface area contributed by atoms with E-state index in [4.69, 9.17) is 13.9 Å². The van der Waals surface area contributed by atoms with Gasteiger partial charge in [-0.15, -0.1) is 0 Å². The second-order valence-electron chi connectivity index (χ2n) is 8.25. The Morgan fingerprint density at radius 3 is 2.25 bits per heavy atom. The Labute approximate surface area is 206 Å². The first kappa shape index (κ1) is 27.0. The minimum Gasteiger partial charge on any atom is -0.475 e. The average molecular weight is 504 g/mol. The van der Waals surface area contributed by atoms with Crippen LogP contribution in [0.5, 0.6) is 5.88 Å². The van der Waals surface area contributed by atoms with Gasteiger partial charge in [0.25, 0.3) is 5.88 Å². The van der Waals surface area contributed by atoms with E-state index in [1.165, 1.54) is 18.3 Å². The van der Waals surface area contributed by atoms with Crippen molar-refractivity contribution in [3.8, 4) is 17.0 Å². The number of nitrogens with zero attached hydrogens (tertiary/aromatic N) is 1. The molecule has 36 heavy (non-hydrogen) atoms. The lowest BCUT2D eigenvalue weighted by Crippen LogP contribution is -2.07. The van der Waals surface area contributed by atoms with Crippen LogP contribution in [0.1, 0.15) is 50.5 Å². The monoisotopic (exact) mass is 503 g/mol. The zero-order valence-corrected chi connectivity index (χ0v) is 19.8. The summed E-state index contributed by atoms with van der Waals surface area (Å²) in [4.78, 5) is 27.7. The highest BCUT2D eigenvalue weighted by molar-refractivity contribution is 5.84. The predicted octanol–water partition coefficient (Wildman–Crippen LogP) is 6.71. The summed E-state index contributed by atoms with van der Waals surface area (Å²) in [6, 6.07) is 7.57. The fraction of sp³-hybridized carbons (Fsp3) is 0.370. The van der Waals surface area contributed by atoms with Gasteiger partial charge in [0, 0.05) is 17.7 Å². The van der Waals surface area contributed by atoms with Crippen molar-refractivity contribution in [2.45, 2.75) is 51.1 Å². The quantitative estimate of drug-likeness (QED) is 0.147. The molecular formula is C27H28F3NO5. The van der Waals surface area contributed by atoms with Gasteiger partial charge < -0.3 is 13.9 Å². The maximum atomic E-state index is 12.8. The third-order valence-corrected chi connectivity index (χ3v) is 5.58. The molecule has 3 rings (SSSR count). The second kappa shape index (κ2) is 12.9. The molecule has 2 aromatic heterocycles. The number of rotatable bonds is 13. The van der Waals surface area contributed by atoms with Crippen LogP contribution in [-0.4, -0.2) is 24.2 Å². The first-order chi connectivity index (χ1) is 17.3. The third kappa shape index (κ3) is 7.69. The summed E-state index contributed by atoms with van der Waals surface area (Å²) in [7, 11) is 0. The van der Waals surface area contributed by atoms with Crippen molar-refractivity contribution in [3.05, 3.63) is 71.2 Å². The number of halogens is 3. The van der Waals surface area contributed by atoms with Crippen molar-refractivity contribution < 1.29 is 31.9 Å². The number of benzene rings is 1. The zero-order chi connectivity index (χ0) is 26.0. The van der Waals surface area contributed by atoms with Crippen molar-refractivity contribution in [3.63, 3.8) is 0 Å². The maximum absolute atomic E-state index is 12.8. The first-order valence-corrected chi connectivity index (χ1v) is 11.8. The summed E-state index contributed by atoms with van der Waals surface area (Å²) < 4.78 is 54.6. The molecule has 0 atom stereocenters. The molecule has 0 N–H and O–H groups in total. The summed E-state index contributed by atoms with van der Waals surface area (Å²) in [5.41, 5.74) is -0.777. The average Bonchev–Trinajstić information content (AvgIpc) is 2.86. The molecule has 0 spiro atoms. The lowest BCUT2D eigenvalue weighted by molar-refractivity contribution is -0.138. The van der Waals surface area contributed by atoms with E-state index in [-0.39, 0.29) is 17.0 Å². The normalized spacial score (nSPS) is 11.4. The lowest BCUT2D eigenvalue weighted by atomic mass is 10.0. The fourth-order valence-corrected chi connectivity index (χ4v) is 3.65. The van der Waals surface area contributed by atoms with E-state index in [0.717, 1.165) is 63.2 Å². The van der Waals surface area contributed by atoms with Crippen LogP contribution in [0.4, 0.5) is 13.2 Å². The van der Waals surface area contributed by atoms with Crippen LogP contribution in [0, 0.1) is 0 Å². The first-order valence-electron chi connectivity index (χ1n) is 11.8. The highest BCUT2D eigenvalue weighted by atomic mass is 19.4. The molecule has 3 aromatic rings. The van der Waals surface area contributed by atoms with E-state index in [2.05, 4.69) is 11.6 Å². The summed E-state index contributed by atoms with van der Waals surface area (Å²) in [5.74, 6) is -0.188. The van der Waals surface area contributed by atoms with Crippen LogP contribution in [0.25, 0.3) is 22.1 Å². The van der Waals surface area contributed by atoms with Crippen LogP contribution in [-0.2, 0) is 15.7 Å². The molecule has 0 aliphatic carbocycles. The van der Waals surface area contributed by atoms with E-state index < -0.39 is 23.3 Å².